The number of nitrogens with zero attached hydrogens (tertiary/aromatic N) is 6. The van der Waals surface area contributed by atoms with Crippen LogP contribution in [-0.4, -0.2) is 54.7 Å². The lowest BCUT2D eigenvalue weighted by atomic mass is 9.96. The maximum absolute atomic E-state index is 13.2. The summed E-state index contributed by atoms with van der Waals surface area (Å²) in [5.74, 6) is 0.871. The van der Waals surface area contributed by atoms with Crippen LogP contribution < -0.4 is 11.2 Å². The highest BCUT2D eigenvalue weighted by Gasteiger charge is 2.28. The van der Waals surface area contributed by atoms with E-state index in [2.05, 4.69) is 82.0 Å². The van der Waals surface area contributed by atoms with Gasteiger partial charge in [0, 0.05) is 46.8 Å². The van der Waals surface area contributed by atoms with E-state index in [4.69, 9.17) is 4.98 Å². The summed E-state index contributed by atoms with van der Waals surface area (Å²) in [5.41, 5.74) is 3.04. The number of benzene rings is 2. The first kappa shape index (κ1) is 27.1. The van der Waals surface area contributed by atoms with E-state index in [9.17, 15) is 9.59 Å². The second-order valence-corrected chi connectivity index (χ2v) is 10.7. The maximum atomic E-state index is 13.2. The summed E-state index contributed by atoms with van der Waals surface area (Å²) in [5, 5.41) is 0. The number of hydrogen-bond donors (Lipinski definition) is 0. The molecule has 8 heteroatoms. The van der Waals surface area contributed by atoms with E-state index in [1.54, 1.807) is 14.1 Å². The molecule has 0 unspecified atom stereocenters. The molecule has 0 spiro atoms. The lowest BCUT2D eigenvalue weighted by molar-refractivity contribution is 0.102. The van der Waals surface area contributed by atoms with Crippen LogP contribution in [0.2, 0.25) is 0 Å². The van der Waals surface area contributed by atoms with Crippen molar-refractivity contribution in [2.45, 2.75) is 51.7 Å². The van der Waals surface area contributed by atoms with E-state index >= 15 is 0 Å². The smallest absolute Gasteiger partial charge is 0.321 e. The van der Waals surface area contributed by atoms with Gasteiger partial charge in [0.05, 0.1) is 12.6 Å². The molecule has 0 N–H and O–H groups in total. The number of unbranched alkanes of at least 4 members (excludes halogenated alkanes) is 3. The molecule has 39 heavy (non-hydrogen) atoms. The molecule has 2 aromatic heterocycles. The Balaban J connectivity index is 1.38. The number of fused-ring (bicyclic) bond motifs is 1. The Labute approximate surface area is 230 Å². The fourth-order valence-electron chi connectivity index (χ4n) is 5.81. The molecule has 3 heterocycles. The zero-order valence-corrected chi connectivity index (χ0v) is 23.4. The van der Waals surface area contributed by atoms with Crippen molar-refractivity contribution in [1.29, 1.82) is 0 Å². The van der Waals surface area contributed by atoms with Gasteiger partial charge in [-0.15, -0.1) is 0 Å². The SMILES string of the molecule is CCCCCCn1c(CN2CCN(C(c3ccccc3)c3ccccc3)CC2)nc2c1c(=O)n(C)c(=O)n2C. The van der Waals surface area contributed by atoms with Crippen LogP contribution in [0.4, 0.5) is 0 Å². The number of imidazole rings is 1. The molecule has 1 aliphatic rings. The molecule has 0 aliphatic carbocycles. The van der Waals surface area contributed by atoms with Crippen LogP contribution in [0.5, 0.6) is 0 Å². The van der Waals surface area contributed by atoms with Crippen molar-refractivity contribution in [3.8, 4) is 0 Å². The van der Waals surface area contributed by atoms with Crippen molar-refractivity contribution >= 4 is 11.2 Å². The van der Waals surface area contributed by atoms with E-state index in [1.807, 2.05) is 0 Å². The van der Waals surface area contributed by atoms with Gasteiger partial charge in [-0.3, -0.25) is 23.7 Å². The minimum absolute atomic E-state index is 0.218. The Morgan fingerprint density at radius 2 is 1.41 bits per heavy atom. The fourth-order valence-corrected chi connectivity index (χ4v) is 5.81. The molecule has 206 valence electrons. The highest BCUT2D eigenvalue weighted by molar-refractivity contribution is 5.71. The predicted octanol–water partition coefficient (Wildman–Crippen LogP) is 3.92. The Hall–Kier alpha value is -3.49. The third-order valence-corrected chi connectivity index (χ3v) is 8.03. The highest BCUT2D eigenvalue weighted by Crippen LogP contribution is 2.29. The normalized spacial score (nSPS) is 15.0. The molecule has 0 atom stereocenters. The Bertz CT molecular complexity index is 1460. The van der Waals surface area contributed by atoms with Gasteiger partial charge in [-0.1, -0.05) is 86.8 Å². The molecule has 1 aliphatic heterocycles. The summed E-state index contributed by atoms with van der Waals surface area (Å²) in [6.07, 6.45) is 4.43. The summed E-state index contributed by atoms with van der Waals surface area (Å²) in [6, 6.07) is 21.7. The first-order valence-electron chi connectivity index (χ1n) is 14.2. The second-order valence-electron chi connectivity index (χ2n) is 10.7. The van der Waals surface area contributed by atoms with Crippen LogP contribution in [0.1, 0.15) is 55.6 Å². The summed E-state index contributed by atoms with van der Waals surface area (Å²) in [6.45, 7) is 7.29. The number of hydrogen-bond acceptors (Lipinski definition) is 5. The molecule has 0 radical (unpaired) electrons. The molecule has 4 aromatic rings. The molecule has 0 saturated carbocycles. The molecule has 0 amide bonds. The van der Waals surface area contributed by atoms with Crippen molar-refractivity contribution in [3.63, 3.8) is 0 Å². The second kappa shape index (κ2) is 12.1. The van der Waals surface area contributed by atoms with E-state index < -0.39 is 0 Å². The van der Waals surface area contributed by atoms with E-state index in [0.29, 0.717) is 17.7 Å². The zero-order valence-electron chi connectivity index (χ0n) is 23.4. The standard InChI is InChI=1S/C31H40N6O2/c1-4-5-6-13-18-37-26(32-29-28(37)30(38)34(3)31(39)33(29)2)23-35-19-21-36(22-20-35)27(24-14-9-7-10-15-24)25-16-11-8-12-17-25/h7-12,14-17,27H,4-6,13,18-23H2,1-3H3. The van der Waals surface area contributed by atoms with E-state index in [0.717, 1.165) is 57.8 Å². The topological polar surface area (TPSA) is 68.3 Å². The van der Waals surface area contributed by atoms with Crippen molar-refractivity contribution in [2.24, 2.45) is 14.1 Å². The van der Waals surface area contributed by atoms with Gasteiger partial charge in [0.25, 0.3) is 5.56 Å². The quantitative estimate of drug-likeness (QED) is 0.292. The largest absolute Gasteiger partial charge is 0.332 e. The van der Waals surface area contributed by atoms with Gasteiger partial charge >= 0.3 is 5.69 Å². The predicted molar refractivity (Wildman–Crippen MR) is 156 cm³/mol. The number of aromatic nitrogens is 4. The van der Waals surface area contributed by atoms with Crippen molar-refractivity contribution in [1.82, 2.24) is 28.5 Å². The number of piperazine rings is 1. The van der Waals surface area contributed by atoms with Gasteiger partial charge in [-0.25, -0.2) is 9.78 Å². The first-order valence-corrected chi connectivity index (χ1v) is 14.2. The Morgan fingerprint density at radius 3 is 2.00 bits per heavy atom. The average Bonchev–Trinajstić information content (AvgIpc) is 3.33. The van der Waals surface area contributed by atoms with Crippen LogP contribution in [0.25, 0.3) is 11.2 Å². The maximum Gasteiger partial charge on any atom is 0.332 e. The average molecular weight is 529 g/mol. The Morgan fingerprint density at radius 1 is 0.795 bits per heavy atom. The Kier molecular flexibility index (Phi) is 8.43. The lowest BCUT2D eigenvalue weighted by Gasteiger charge is -2.39. The molecule has 5 rings (SSSR count). The van der Waals surface area contributed by atoms with E-state index in [1.165, 1.54) is 26.7 Å². The van der Waals surface area contributed by atoms with Crippen molar-refractivity contribution in [2.75, 3.05) is 26.2 Å². The first-order chi connectivity index (χ1) is 19.0. The van der Waals surface area contributed by atoms with E-state index in [-0.39, 0.29) is 17.3 Å². The summed E-state index contributed by atoms with van der Waals surface area (Å²) < 4.78 is 4.78. The van der Waals surface area contributed by atoms with Gasteiger partial charge in [-0.2, -0.15) is 0 Å². The van der Waals surface area contributed by atoms with Crippen LogP contribution >= 0.6 is 0 Å². The fraction of sp³-hybridized carbons (Fsp3) is 0.452. The van der Waals surface area contributed by atoms with Crippen LogP contribution in [0.15, 0.2) is 70.3 Å². The molecule has 0 bridgehead atoms. The molecule has 1 saturated heterocycles. The molecular formula is C31H40N6O2. The summed E-state index contributed by atoms with van der Waals surface area (Å²) >= 11 is 0. The van der Waals surface area contributed by atoms with Gasteiger partial charge < -0.3 is 4.57 Å². The molecule has 2 aromatic carbocycles. The summed E-state index contributed by atoms with van der Waals surface area (Å²) in [7, 11) is 3.25. The number of aryl methyl sites for hydroxylation is 2. The molecule has 1 fully saturated rings. The third kappa shape index (κ3) is 5.63. The van der Waals surface area contributed by atoms with Gasteiger partial charge in [0.1, 0.15) is 5.82 Å². The minimum atomic E-state index is -0.337. The van der Waals surface area contributed by atoms with Crippen LogP contribution in [0, 0.1) is 0 Å². The minimum Gasteiger partial charge on any atom is -0.321 e. The molecular weight excluding hydrogens is 488 g/mol. The van der Waals surface area contributed by atoms with Gasteiger partial charge in [0.2, 0.25) is 0 Å². The van der Waals surface area contributed by atoms with Gasteiger partial charge in [0.15, 0.2) is 11.2 Å². The zero-order chi connectivity index (χ0) is 27.4. The third-order valence-electron chi connectivity index (χ3n) is 8.03. The highest BCUT2D eigenvalue weighted by atomic mass is 16.2. The summed E-state index contributed by atoms with van der Waals surface area (Å²) in [4.78, 5) is 35.6. The van der Waals surface area contributed by atoms with Crippen molar-refractivity contribution in [3.05, 3.63) is 98.5 Å². The van der Waals surface area contributed by atoms with Gasteiger partial charge in [-0.05, 0) is 17.5 Å². The van der Waals surface area contributed by atoms with Crippen LogP contribution in [0.3, 0.4) is 0 Å². The molecule has 8 nitrogen and oxygen atoms in total. The number of rotatable bonds is 10. The lowest BCUT2D eigenvalue weighted by Crippen LogP contribution is -2.47. The monoisotopic (exact) mass is 528 g/mol. The van der Waals surface area contributed by atoms with Crippen LogP contribution in [-0.2, 0) is 27.2 Å². The van der Waals surface area contributed by atoms with Crippen molar-refractivity contribution < 1.29 is 0 Å².